The maximum Gasteiger partial charge on any atom is 0.253 e. The molecule has 1 saturated carbocycles. The molecular weight excluding hydrogens is 224 g/mol. The number of hydrogen-bond donors (Lipinski definition) is 2. The Morgan fingerprint density at radius 1 is 1.62 bits per heavy atom. The number of carbonyl (C=O) groups excluding carboxylic acids is 1. The smallest absolute Gasteiger partial charge is 0.253 e. The van der Waals surface area contributed by atoms with Crippen LogP contribution < -0.4 is 10.9 Å². The van der Waals surface area contributed by atoms with Crippen molar-refractivity contribution < 1.29 is 4.79 Å². The average Bonchev–Trinajstić information content (AvgIpc) is 2.60. The van der Waals surface area contributed by atoms with Gasteiger partial charge in [-0.25, -0.2) is 5.01 Å². The van der Waals surface area contributed by atoms with Crippen molar-refractivity contribution in [2.24, 2.45) is 11.0 Å². The number of nitrogens with zero attached hydrogens (tertiary/aromatic N) is 2. The van der Waals surface area contributed by atoms with Crippen LogP contribution in [0, 0.1) is 5.92 Å². The lowest BCUT2D eigenvalue weighted by Crippen LogP contribution is -2.67. The lowest BCUT2D eigenvalue weighted by molar-refractivity contribution is -0.129. The minimum atomic E-state index is -0.193. The van der Waals surface area contributed by atoms with Gasteiger partial charge in [0.05, 0.1) is 5.75 Å². The molecule has 0 aromatic heterocycles. The molecule has 6 heteroatoms. The molecule has 1 spiro atoms. The zero-order chi connectivity index (χ0) is 11.2. The van der Waals surface area contributed by atoms with E-state index in [1.54, 1.807) is 5.01 Å². The largest absolute Gasteiger partial charge is 0.286 e. The first-order chi connectivity index (χ1) is 7.69. The highest BCUT2D eigenvalue weighted by Gasteiger charge is 2.43. The lowest BCUT2D eigenvalue weighted by Gasteiger charge is -2.44. The summed E-state index contributed by atoms with van der Waals surface area (Å²) in [7, 11) is 0. The number of carbonyl (C=O) groups is 1. The minimum absolute atomic E-state index is 0.114. The Bertz CT molecular complexity index is 359. The number of hydrogen-bond acceptors (Lipinski definition) is 5. The predicted molar refractivity (Wildman–Crippen MR) is 63.4 cm³/mol. The van der Waals surface area contributed by atoms with Gasteiger partial charge < -0.3 is 0 Å². The quantitative estimate of drug-likeness (QED) is 0.659. The van der Waals surface area contributed by atoms with Crippen molar-refractivity contribution in [1.82, 2.24) is 15.9 Å². The molecule has 0 aromatic rings. The van der Waals surface area contributed by atoms with Crippen molar-refractivity contribution in [2.45, 2.75) is 38.3 Å². The van der Waals surface area contributed by atoms with E-state index in [0.29, 0.717) is 11.7 Å². The molecule has 0 aromatic carbocycles. The second kappa shape index (κ2) is 3.63. The van der Waals surface area contributed by atoms with Crippen molar-refractivity contribution in [3.05, 3.63) is 0 Å². The molecule has 0 radical (unpaired) electrons. The summed E-state index contributed by atoms with van der Waals surface area (Å²) in [6.45, 7) is 2.25. The average molecular weight is 240 g/mol. The predicted octanol–water partition coefficient (Wildman–Crippen LogP) is 0.847. The monoisotopic (exact) mass is 240 g/mol. The van der Waals surface area contributed by atoms with Crippen molar-refractivity contribution in [1.29, 1.82) is 0 Å². The summed E-state index contributed by atoms with van der Waals surface area (Å²) in [6.07, 6.45) is 4.51. The van der Waals surface area contributed by atoms with E-state index in [1.165, 1.54) is 24.6 Å². The Morgan fingerprint density at radius 3 is 3.31 bits per heavy atom. The van der Waals surface area contributed by atoms with Gasteiger partial charge in [0.1, 0.15) is 5.66 Å². The maximum absolute atomic E-state index is 11.7. The Morgan fingerprint density at radius 2 is 2.50 bits per heavy atom. The van der Waals surface area contributed by atoms with E-state index < -0.39 is 0 Å². The molecule has 1 saturated heterocycles. The van der Waals surface area contributed by atoms with Crippen LogP contribution in [-0.4, -0.2) is 27.5 Å². The third-order valence-corrected chi connectivity index (χ3v) is 4.38. The topological polar surface area (TPSA) is 56.7 Å². The number of rotatable bonds is 0. The van der Waals surface area contributed by atoms with Crippen molar-refractivity contribution in [3.8, 4) is 0 Å². The second-order valence-corrected chi connectivity index (χ2v) is 5.86. The van der Waals surface area contributed by atoms with Crippen molar-refractivity contribution in [3.63, 3.8) is 0 Å². The van der Waals surface area contributed by atoms with Crippen LogP contribution in [0.25, 0.3) is 0 Å². The van der Waals surface area contributed by atoms with Gasteiger partial charge in [0, 0.05) is 0 Å². The van der Waals surface area contributed by atoms with Gasteiger partial charge in [0.25, 0.3) is 5.91 Å². The number of amides is 1. The van der Waals surface area contributed by atoms with Gasteiger partial charge in [0.2, 0.25) is 5.17 Å². The van der Waals surface area contributed by atoms with E-state index in [-0.39, 0.29) is 11.6 Å². The van der Waals surface area contributed by atoms with Gasteiger partial charge >= 0.3 is 0 Å². The Hall–Kier alpha value is -0.750. The molecule has 3 aliphatic rings. The highest BCUT2D eigenvalue weighted by atomic mass is 32.2. The highest BCUT2D eigenvalue weighted by Crippen LogP contribution is 2.33. The molecule has 2 fully saturated rings. The molecule has 2 N–H and O–H groups in total. The molecule has 2 unspecified atom stereocenters. The van der Waals surface area contributed by atoms with Crippen LogP contribution >= 0.6 is 11.8 Å². The fourth-order valence-electron chi connectivity index (χ4n) is 2.70. The van der Waals surface area contributed by atoms with Gasteiger partial charge in [-0.1, -0.05) is 25.1 Å². The fraction of sp³-hybridized carbons (Fsp3) is 0.800. The summed E-state index contributed by atoms with van der Waals surface area (Å²) in [5, 5.41) is 6.71. The van der Waals surface area contributed by atoms with Crippen LogP contribution in [0.3, 0.4) is 0 Å². The summed E-state index contributed by atoms with van der Waals surface area (Å²) >= 11 is 1.48. The molecule has 16 heavy (non-hydrogen) atoms. The number of thioether (sulfide) groups is 1. The number of amidine groups is 1. The summed E-state index contributed by atoms with van der Waals surface area (Å²) in [5.41, 5.74) is 6.36. The van der Waals surface area contributed by atoms with Gasteiger partial charge in [-0.3, -0.25) is 10.2 Å². The van der Waals surface area contributed by atoms with Gasteiger partial charge in [-0.15, -0.1) is 0 Å². The SMILES string of the molecule is CC1CCCC2(C1)NN=C1SCC(=O)N1N2. The lowest BCUT2D eigenvalue weighted by atomic mass is 9.82. The Labute approximate surface area is 99.0 Å². The third kappa shape index (κ3) is 1.60. The van der Waals surface area contributed by atoms with E-state index in [9.17, 15) is 4.79 Å². The molecule has 3 rings (SSSR count). The molecule has 88 valence electrons. The van der Waals surface area contributed by atoms with Crippen LogP contribution in [-0.2, 0) is 4.79 Å². The van der Waals surface area contributed by atoms with Crippen molar-refractivity contribution in [2.75, 3.05) is 5.75 Å². The van der Waals surface area contributed by atoms with E-state index >= 15 is 0 Å². The molecule has 1 amide bonds. The minimum Gasteiger partial charge on any atom is -0.286 e. The number of fused-ring (bicyclic) bond motifs is 1. The summed E-state index contributed by atoms with van der Waals surface area (Å²) in [4.78, 5) is 11.7. The maximum atomic E-state index is 11.7. The Kier molecular flexibility index (Phi) is 2.36. The molecule has 5 nitrogen and oxygen atoms in total. The van der Waals surface area contributed by atoms with Crippen LogP contribution in [0.1, 0.15) is 32.6 Å². The molecule has 2 heterocycles. The summed E-state index contributed by atoms with van der Waals surface area (Å²) in [5.74, 6) is 1.29. The molecular formula is C10H16N4OS. The van der Waals surface area contributed by atoms with E-state index in [1.807, 2.05) is 0 Å². The number of hydrazine groups is 1. The van der Waals surface area contributed by atoms with E-state index in [2.05, 4.69) is 22.9 Å². The summed E-state index contributed by atoms with van der Waals surface area (Å²) < 4.78 is 0. The van der Waals surface area contributed by atoms with E-state index in [4.69, 9.17) is 0 Å². The van der Waals surface area contributed by atoms with Crippen LogP contribution in [0.5, 0.6) is 0 Å². The first kappa shape index (κ1) is 10.4. The van der Waals surface area contributed by atoms with Crippen molar-refractivity contribution >= 4 is 22.8 Å². The standard InChI is InChI=1S/C10H16N4OS/c1-7-3-2-4-10(5-7)12-11-9-14(13-10)8(15)6-16-9/h7,12-13H,2-6H2,1H3. The molecule has 1 aliphatic carbocycles. The molecule has 0 bridgehead atoms. The van der Waals surface area contributed by atoms with Gasteiger partial charge in [-0.05, 0) is 25.2 Å². The van der Waals surface area contributed by atoms with E-state index in [0.717, 1.165) is 18.0 Å². The zero-order valence-corrected chi connectivity index (χ0v) is 10.1. The summed E-state index contributed by atoms with van der Waals surface area (Å²) in [6, 6.07) is 0. The fourth-order valence-corrected chi connectivity index (χ4v) is 3.47. The Balaban J connectivity index is 1.82. The highest BCUT2D eigenvalue weighted by molar-refractivity contribution is 8.15. The molecule has 2 aliphatic heterocycles. The first-order valence-corrected chi connectivity index (χ1v) is 6.76. The van der Waals surface area contributed by atoms with Crippen LogP contribution in [0.2, 0.25) is 0 Å². The van der Waals surface area contributed by atoms with Gasteiger partial charge in [-0.2, -0.15) is 10.5 Å². The normalized spacial score (nSPS) is 38.3. The number of nitrogens with one attached hydrogen (secondary N) is 2. The molecule has 2 atom stereocenters. The van der Waals surface area contributed by atoms with Gasteiger partial charge in [0.15, 0.2) is 0 Å². The van der Waals surface area contributed by atoms with Crippen LogP contribution in [0.4, 0.5) is 0 Å². The van der Waals surface area contributed by atoms with Crippen LogP contribution in [0.15, 0.2) is 5.10 Å². The second-order valence-electron chi connectivity index (χ2n) is 4.92. The third-order valence-electron chi connectivity index (χ3n) is 3.45. The first-order valence-electron chi connectivity index (χ1n) is 5.77. The zero-order valence-electron chi connectivity index (χ0n) is 9.32. The number of hydrazone groups is 1.